The van der Waals surface area contributed by atoms with Crippen LogP contribution in [-0.2, 0) is 14.6 Å². The van der Waals surface area contributed by atoms with Crippen LogP contribution >= 0.6 is 0 Å². The maximum Gasteiger partial charge on any atom is 0.251 e. The van der Waals surface area contributed by atoms with Gasteiger partial charge in [-0.15, -0.1) is 0 Å². The van der Waals surface area contributed by atoms with Gasteiger partial charge in [0.1, 0.15) is 0 Å². The van der Waals surface area contributed by atoms with Gasteiger partial charge in [0.25, 0.3) is 5.91 Å². The van der Waals surface area contributed by atoms with E-state index in [2.05, 4.69) is 10.2 Å². The summed E-state index contributed by atoms with van der Waals surface area (Å²) in [5.74, 6) is -0.276. The molecule has 7 heteroatoms. The van der Waals surface area contributed by atoms with Gasteiger partial charge in [0, 0.05) is 23.7 Å². The van der Waals surface area contributed by atoms with Crippen LogP contribution in [0.25, 0.3) is 17.0 Å². The topological polar surface area (TPSA) is 83.1 Å². The summed E-state index contributed by atoms with van der Waals surface area (Å²) in [6, 6.07) is 25.3. The second kappa shape index (κ2) is 9.62. The van der Waals surface area contributed by atoms with E-state index in [0.717, 1.165) is 10.9 Å². The number of anilines is 1. The van der Waals surface area contributed by atoms with Gasteiger partial charge < -0.3 is 4.90 Å². The fraction of sp³-hybridized carbons (Fsp3) is 0.120. The third-order valence-electron chi connectivity index (χ3n) is 5.11. The van der Waals surface area contributed by atoms with Gasteiger partial charge in [-0.2, -0.15) is 5.10 Å². The van der Waals surface area contributed by atoms with Crippen LogP contribution in [0.5, 0.6) is 0 Å². The molecule has 32 heavy (non-hydrogen) atoms. The summed E-state index contributed by atoms with van der Waals surface area (Å²) in [7, 11) is -3.41. The number of H-pyrrole nitrogens is 1. The van der Waals surface area contributed by atoms with E-state index in [-0.39, 0.29) is 18.2 Å². The average Bonchev–Trinajstić information content (AvgIpc) is 3.24. The predicted molar refractivity (Wildman–Crippen MR) is 127 cm³/mol. The van der Waals surface area contributed by atoms with E-state index < -0.39 is 9.84 Å². The van der Waals surface area contributed by atoms with Crippen LogP contribution in [0, 0.1) is 0 Å². The number of para-hydroxylation sites is 2. The first-order chi connectivity index (χ1) is 15.5. The van der Waals surface area contributed by atoms with Crippen molar-refractivity contribution in [2.24, 2.45) is 0 Å². The zero-order valence-corrected chi connectivity index (χ0v) is 18.2. The van der Waals surface area contributed by atoms with Crippen molar-refractivity contribution in [3.8, 4) is 0 Å². The summed E-state index contributed by atoms with van der Waals surface area (Å²) in [5, 5.41) is 8.14. The number of benzene rings is 3. The fourth-order valence-corrected chi connectivity index (χ4v) is 4.80. The van der Waals surface area contributed by atoms with Crippen molar-refractivity contribution >= 4 is 38.4 Å². The van der Waals surface area contributed by atoms with Crippen molar-refractivity contribution in [3.63, 3.8) is 0 Å². The van der Waals surface area contributed by atoms with Gasteiger partial charge in [-0.05, 0) is 42.8 Å². The summed E-state index contributed by atoms with van der Waals surface area (Å²) < 4.78 is 25.2. The number of rotatable bonds is 8. The van der Waals surface area contributed by atoms with Gasteiger partial charge in [0.15, 0.2) is 9.84 Å². The van der Waals surface area contributed by atoms with Gasteiger partial charge >= 0.3 is 0 Å². The van der Waals surface area contributed by atoms with Crippen molar-refractivity contribution in [2.75, 3.05) is 17.2 Å². The van der Waals surface area contributed by atoms with E-state index in [1.54, 1.807) is 41.3 Å². The number of nitrogens with zero attached hydrogens (tertiary/aromatic N) is 2. The Morgan fingerprint density at radius 1 is 0.906 bits per heavy atom. The van der Waals surface area contributed by atoms with E-state index in [1.807, 2.05) is 54.6 Å². The Hall–Kier alpha value is -3.71. The monoisotopic (exact) mass is 445 g/mol. The number of hydrogen-bond donors (Lipinski definition) is 1. The molecule has 1 N–H and O–H groups in total. The number of aromatic nitrogens is 2. The molecule has 0 aliphatic rings. The van der Waals surface area contributed by atoms with Crippen molar-refractivity contribution in [2.45, 2.75) is 11.3 Å². The lowest BCUT2D eigenvalue weighted by molar-refractivity contribution is -0.114. The molecule has 0 atom stereocenters. The van der Waals surface area contributed by atoms with Crippen LogP contribution in [0.15, 0.2) is 95.9 Å². The smallest absolute Gasteiger partial charge is 0.251 e. The molecule has 0 fully saturated rings. The second-order valence-electron chi connectivity index (χ2n) is 7.30. The maximum absolute atomic E-state index is 13.1. The Bertz CT molecular complexity index is 1330. The molecule has 0 saturated heterocycles. The number of amides is 1. The number of carbonyl (C=O) groups excluding carboxylic acids is 1. The molecule has 0 aliphatic carbocycles. The van der Waals surface area contributed by atoms with Gasteiger partial charge in [-0.1, -0.05) is 54.6 Å². The highest BCUT2D eigenvalue weighted by Crippen LogP contribution is 2.19. The van der Waals surface area contributed by atoms with Gasteiger partial charge in [-0.3, -0.25) is 9.89 Å². The average molecular weight is 446 g/mol. The zero-order chi connectivity index (χ0) is 22.4. The summed E-state index contributed by atoms with van der Waals surface area (Å²) in [4.78, 5) is 14.9. The molecule has 0 unspecified atom stereocenters. The molecular formula is C25H23N3O3S. The first kappa shape index (κ1) is 21.5. The molecule has 4 rings (SSSR count). The molecule has 4 aromatic rings. The van der Waals surface area contributed by atoms with E-state index in [1.165, 1.54) is 6.08 Å². The molecule has 0 radical (unpaired) electrons. The minimum absolute atomic E-state index is 0.0403. The summed E-state index contributed by atoms with van der Waals surface area (Å²) in [5.41, 5.74) is 2.28. The van der Waals surface area contributed by atoms with Crippen LogP contribution in [0.1, 0.15) is 12.1 Å². The van der Waals surface area contributed by atoms with Crippen LogP contribution in [0.2, 0.25) is 0 Å². The van der Waals surface area contributed by atoms with Crippen LogP contribution < -0.4 is 4.90 Å². The van der Waals surface area contributed by atoms with E-state index in [4.69, 9.17) is 0 Å². The maximum atomic E-state index is 13.1. The van der Waals surface area contributed by atoms with Gasteiger partial charge in [0.2, 0.25) is 0 Å². The number of nitrogens with one attached hydrogen (secondary N) is 1. The molecule has 0 bridgehead atoms. The first-order valence-corrected chi connectivity index (χ1v) is 12.0. The third-order valence-corrected chi connectivity index (χ3v) is 6.93. The minimum atomic E-state index is -3.41. The highest BCUT2D eigenvalue weighted by Gasteiger charge is 2.17. The van der Waals surface area contributed by atoms with E-state index >= 15 is 0 Å². The highest BCUT2D eigenvalue weighted by atomic mass is 32.2. The van der Waals surface area contributed by atoms with Crippen LogP contribution in [0.3, 0.4) is 0 Å². The van der Waals surface area contributed by atoms with E-state index in [9.17, 15) is 13.2 Å². The molecule has 6 nitrogen and oxygen atoms in total. The summed E-state index contributed by atoms with van der Waals surface area (Å²) in [6.45, 7) is 0.278. The molecule has 0 saturated carbocycles. The lowest BCUT2D eigenvalue weighted by atomic mass is 10.2. The van der Waals surface area contributed by atoms with Crippen LogP contribution in [-0.4, -0.2) is 36.8 Å². The van der Waals surface area contributed by atoms with Crippen molar-refractivity contribution in [1.82, 2.24) is 10.2 Å². The lowest BCUT2D eigenvalue weighted by Gasteiger charge is -2.21. The van der Waals surface area contributed by atoms with Crippen molar-refractivity contribution in [1.29, 1.82) is 0 Å². The number of sulfone groups is 1. The molecule has 0 aliphatic heterocycles. The number of hydrogen-bond acceptors (Lipinski definition) is 4. The standard InChI is InChI=1S/C25H23N3O3S/c29-25(17-16-24-22-14-7-8-15-23(22)26-27-24)28(20-10-3-1-4-11-20)18-9-19-32(30,31)21-12-5-2-6-13-21/h1-8,10-17H,9,18-19H2,(H,26,27)/b17-16+. The number of fused-ring (bicyclic) bond motifs is 1. The Morgan fingerprint density at radius 2 is 1.56 bits per heavy atom. The van der Waals surface area contributed by atoms with Crippen LogP contribution in [0.4, 0.5) is 5.69 Å². The zero-order valence-electron chi connectivity index (χ0n) is 17.4. The molecule has 1 amide bonds. The van der Waals surface area contributed by atoms with Crippen molar-refractivity contribution in [3.05, 3.63) is 96.7 Å². The first-order valence-electron chi connectivity index (χ1n) is 10.3. The lowest BCUT2D eigenvalue weighted by Crippen LogP contribution is -2.31. The number of aromatic amines is 1. The molecule has 162 valence electrons. The van der Waals surface area contributed by atoms with Crippen molar-refractivity contribution < 1.29 is 13.2 Å². The highest BCUT2D eigenvalue weighted by molar-refractivity contribution is 7.91. The molecule has 1 aromatic heterocycles. The SMILES string of the molecule is O=C(/C=C/c1n[nH]c2ccccc12)N(CCCS(=O)(=O)c1ccccc1)c1ccccc1. The largest absolute Gasteiger partial charge is 0.309 e. The predicted octanol–water partition coefficient (Wildman–Crippen LogP) is 4.47. The normalized spacial score (nSPS) is 11.8. The van der Waals surface area contributed by atoms with Gasteiger partial charge in [-0.25, -0.2) is 8.42 Å². The second-order valence-corrected chi connectivity index (χ2v) is 9.41. The van der Waals surface area contributed by atoms with E-state index in [0.29, 0.717) is 22.7 Å². The van der Waals surface area contributed by atoms with Gasteiger partial charge in [0.05, 0.1) is 21.9 Å². The molecule has 0 spiro atoms. The quantitative estimate of drug-likeness (QED) is 0.406. The Morgan fingerprint density at radius 3 is 2.31 bits per heavy atom. The summed E-state index contributed by atoms with van der Waals surface area (Å²) >= 11 is 0. The molecular weight excluding hydrogens is 422 g/mol. The summed E-state index contributed by atoms with van der Waals surface area (Å²) in [6.07, 6.45) is 3.47. The minimum Gasteiger partial charge on any atom is -0.309 e. The molecule has 1 heterocycles. The Labute approximate surface area is 187 Å². The Balaban J connectivity index is 1.50. The number of carbonyl (C=O) groups is 1. The molecule has 3 aromatic carbocycles. The third kappa shape index (κ3) is 4.95. The Kier molecular flexibility index (Phi) is 6.47. The fourth-order valence-electron chi connectivity index (χ4n) is 3.48.